The molecule has 104 valence electrons. The number of hydrogen-bond donors (Lipinski definition) is 0. The van der Waals surface area contributed by atoms with Crippen LogP contribution in [0, 0.1) is 0 Å². The molecule has 1 saturated heterocycles. The average molecular weight is 255 g/mol. The Balaban J connectivity index is 2.57. The van der Waals surface area contributed by atoms with Crippen molar-refractivity contribution in [1.29, 1.82) is 0 Å². The van der Waals surface area contributed by atoms with E-state index in [4.69, 9.17) is 0 Å². The van der Waals surface area contributed by atoms with E-state index in [1.165, 1.54) is 0 Å². The molecule has 2 amide bonds. The Hall–Kier alpha value is -1.10. The molecule has 0 radical (unpaired) electrons. The van der Waals surface area contributed by atoms with Crippen molar-refractivity contribution in [3.8, 4) is 0 Å². The van der Waals surface area contributed by atoms with Gasteiger partial charge < -0.3 is 14.7 Å². The van der Waals surface area contributed by atoms with Crippen LogP contribution in [0.4, 0.5) is 0 Å². The first kappa shape index (κ1) is 15.0. The van der Waals surface area contributed by atoms with Crippen LogP contribution in [-0.2, 0) is 9.59 Å². The maximum absolute atomic E-state index is 12.1. The molecule has 0 N–H and O–H groups in total. The van der Waals surface area contributed by atoms with Crippen molar-refractivity contribution in [2.24, 2.45) is 0 Å². The van der Waals surface area contributed by atoms with Crippen molar-refractivity contribution >= 4 is 11.8 Å². The van der Waals surface area contributed by atoms with Crippen molar-refractivity contribution < 1.29 is 9.59 Å². The predicted octanol–water partition coefficient (Wildman–Crippen LogP) is 0.407. The SMILES string of the molecule is CCN(CC)C(=O)C(=O)N(C)C1CCN(C)CC1. The Bertz CT molecular complexity index is 295. The number of carbonyl (C=O) groups excluding carboxylic acids is 2. The van der Waals surface area contributed by atoms with E-state index in [-0.39, 0.29) is 17.9 Å². The smallest absolute Gasteiger partial charge is 0.312 e. The molecule has 0 aromatic carbocycles. The number of hydrogen-bond acceptors (Lipinski definition) is 3. The van der Waals surface area contributed by atoms with Gasteiger partial charge in [-0.2, -0.15) is 0 Å². The van der Waals surface area contributed by atoms with Crippen LogP contribution in [-0.4, -0.2) is 72.8 Å². The van der Waals surface area contributed by atoms with Crippen LogP contribution < -0.4 is 0 Å². The summed E-state index contributed by atoms with van der Waals surface area (Å²) < 4.78 is 0. The summed E-state index contributed by atoms with van der Waals surface area (Å²) in [6, 6.07) is 0.202. The van der Waals surface area contributed by atoms with Gasteiger partial charge in [-0.15, -0.1) is 0 Å². The molecule has 1 aliphatic heterocycles. The molecule has 0 aromatic heterocycles. The van der Waals surface area contributed by atoms with Gasteiger partial charge >= 0.3 is 11.8 Å². The lowest BCUT2D eigenvalue weighted by Gasteiger charge is -2.35. The van der Waals surface area contributed by atoms with Gasteiger partial charge in [-0.25, -0.2) is 0 Å². The molecule has 0 spiro atoms. The van der Waals surface area contributed by atoms with Gasteiger partial charge in [-0.3, -0.25) is 9.59 Å². The molecule has 1 heterocycles. The maximum atomic E-state index is 12.1. The lowest BCUT2D eigenvalue weighted by molar-refractivity contribution is -0.152. The molecule has 5 heteroatoms. The van der Waals surface area contributed by atoms with E-state index in [0.717, 1.165) is 25.9 Å². The molecular weight excluding hydrogens is 230 g/mol. The van der Waals surface area contributed by atoms with Gasteiger partial charge in [0.25, 0.3) is 0 Å². The summed E-state index contributed by atoms with van der Waals surface area (Å²) in [7, 11) is 3.83. The van der Waals surface area contributed by atoms with Crippen LogP contribution in [0.15, 0.2) is 0 Å². The monoisotopic (exact) mass is 255 g/mol. The molecule has 0 aliphatic carbocycles. The van der Waals surface area contributed by atoms with E-state index < -0.39 is 0 Å². The highest BCUT2D eigenvalue weighted by molar-refractivity contribution is 6.34. The van der Waals surface area contributed by atoms with E-state index in [9.17, 15) is 9.59 Å². The van der Waals surface area contributed by atoms with Gasteiger partial charge in [-0.05, 0) is 46.8 Å². The van der Waals surface area contributed by atoms with Gasteiger partial charge in [0.05, 0.1) is 0 Å². The predicted molar refractivity (Wildman–Crippen MR) is 71.2 cm³/mol. The number of carbonyl (C=O) groups is 2. The first-order chi connectivity index (χ1) is 8.51. The van der Waals surface area contributed by atoms with E-state index in [2.05, 4.69) is 11.9 Å². The summed E-state index contributed by atoms with van der Waals surface area (Å²) in [6.07, 6.45) is 1.90. The molecule has 1 fully saturated rings. The number of piperidine rings is 1. The summed E-state index contributed by atoms with van der Waals surface area (Å²) in [5.74, 6) is -0.741. The topological polar surface area (TPSA) is 43.9 Å². The van der Waals surface area contributed by atoms with Crippen LogP contribution >= 0.6 is 0 Å². The number of likely N-dealkylation sites (tertiary alicyclic amines) is 1. The lowest BCUT2D eigenvalue weighted by Crippen LogP contribution is -2.50. The van der Waals surface area contributed by atoms with E-state index in [0.29, 0.717) is 13.1 Å². The standard InChI is InChI=1S/C13H25N3O2/c1-5-16(6-2)13(18)12(17)15(4)11-7-9-14(3)10-8-11/h11H,5-10H2,1-4H3. The molecule has 0 unspecified atom stereocenters. The Labute approximate surface area is 110 Å². The number of rotatable bonds is 3. The summed E-state index contributed by atoms with van der Waals surface area (Å²) in [5.41, 5.74) is 0. The molecule has 0 saturated carbocycles. The molecule has 5 nitrogen and oxygen atoms in total. The highest BCUT2D eigenvalue weighted by atomic mass is 16.2. The molecule has 0 bridgehead atoms. The third-order valence-electron chi connectivity index (χ3n) is 3.79. The van der Waals surface area contributed by atoms with Crippen molar-refractivity contribution in [1.82, 2.24) is 14.7 Å². The Morgan fingerprint density at radius 1 is 1.11 bits per heavy atom. The van der Waals surface area contributed by atoms with E-state index in [1.54, 1.807) is 16.8 Å². The Morgan fingerprint density at radius 2 is 1.61 bits per heavy atom. The second kappa shape index (κ2) is 6.73. The quantitative estimate of drug-likeness (QED) is 0.686. The molecular formula is C13H25N3O2. The molecule has 18 heavy (non-hydrogen) atoms. The van der Waals surface area contributed by atoms with Gasteiger partial charge in [0.2, 0.25) is 0 Å². The van der Waals surface area contributed by atoms with E-state index >= 15 is 0 Å². The van der Waals surface area contributed by atoms with Gasteiger partial charge in [0.1, 0.15) is 0 Å². The summed E-state index contributed by atoms with van der Waals surface area (Å²) in [4.78, 5) is 29.5. The zero-order chi connectivity index (χ0) is 13.7. The molecule has 0 aromatic rings. The van der Waals surface area contributed by atoms with E-state index in [1.807, 2.05) is 13.8 Å². The van der Waals surface area contributed by atoms with Crippen molar-refractivity contribution in [2.45, 2.75) is 32.7 Å². The van der Waals surface area contributed by atoms with Crippen molar-refractivity contribution in [2.75, 3.05) is 40.3 Å². The van der Waals surface area contributed by atoms with Crippen molar-refractivity contribution in [3.63, 3.8) is 0 Å². The summed E-state index contributed by atoms with van der Waals surface area (Å²) in [6.45, 7) is 6.93. The molecule has 0 atom stereocenters. The minimum atomic E-state index is -0.374. The largest absolute Gasteiger partial charge is 0.335 e. The number of likely N-dealkylation sites (N-methyl/N-ethyl adjacent to an activating group) is 2. The maximum Gasteiger partial charge on any atom is 0.312 e. The van der Waals surface area contributed by atoms with Crippen LogP contribution in [0.2, 0.25) is 0 Å². The Kier molecular flexibility index (Phi) is 5.59. The zero-order valence-electron chi connectivity index (χ0n) is 12.0. The second-order valence-corrected chi connectivity index (χ2v) is 4.93. The zero-order valence-corrected chi connectivity index (χ0v) is 12.0. The molecule has 1 rings (SSSR count). The first-order valence-electron chi connectivity index (χ1n) is 6.75. The fourth-order valence-corrected chi connectivity index (χ4v) is 2.35. The molecule has 1 aliphatic rings. The minimum Gasteiger partial charge on any atom is -0.335 e. The van der Waals surface area contributed by atoms with Crippen LogP contribution in [0.1, 0.15) is 26.7 Å². The number of nitrogens with zero attached hydrogens (tertiary/aromatic N) is 3. The average Bonchev–Trinajstić information content (AvgIpc) is 2.39. The summed E-state index contributed by atoms with van der Waals surface area (Å²) in [5, 5.41) is 0. The lowest BCUT2D eigenvalue weighted by atomic mass is 10.0. The second-order valence-electron chi connectivity index (χ2n) is 4.93. The highest BCUT2D eigenvalue weighted by Crippen LogP contribution is 2.14. The summed E-state index contributed by atoms with van der Waals surface area (Å²) >= 11 is 0. The number of amides is 2. The van der Waals surface area contributed by atoms with Crippen LogP contribution in [0.5, 0.6) is 0 Å². The third kappa shape index (κ3) is 3.45. The van der Waals surface area contributed by atoms with Crippen molar-refractivity contribution in [3.05, 3.63) is 0 Å². The highest BCUT2D eigenvalue weighted by Gasteiger charge is 2.29. The van der Waals surface area contributed by atoms with Gasteiger partial charge in [0.15, 0.2) is 0 Å². The fraction of sp³-hybridized carbons (Fsp3) is 0.846. The minimum absolute atomic E-state index is 0.202. The fourth-order valence-electron chi connectivity index (χ4n) is 2.35. The first-order valence-corrected chi connectivity index (χ1v) is 6.75. The van der Waals surface area contributed by atoms with Crippen LogP contribution in [0.25, 0.3) is 0 Å². The Morgan fingerprint density at radius 3 is 2.06 bits per heavy atom. The van der Waals surface area contributed by atoms with Crippen LogP contribution in [0.3, 0.4) is 0 Å². The normalized spacial score (nSPS) is 17.6. The van der Waals surface area contributed by atoms with Gasteiger partial charge in [-0.1, -0.05) is 0 Å². The third-order valence-corrected chi connectivity index (χ3v) is 3.79. The van der Waals surface area contributed by atoms with Gasteiger partial charge in [0, 0.05) is 26.2 Å².